The number of halogens is 3. The number of hydrogen-bond donors (Lipinski definition) is 0. The monoisotopic (exact) mass is 247 g/mol. The molecule has 0 atom stereocenters. The fourth-order valence-corrected chi connectivity index (χ4v) is 1.70. The Morgan fingerprint density at radius 1 is 1.06 bits per heavy atom. The van der Waals surface area contributed by atoms with E-state index in [0.29, 0.717) is 11.1 Å². The lowest BCUT2D eigenvalue weighted by Crippen LogP contribution is -2.07. The first-order chi connectivity index (χ1) is 8.54. The highest BCUT2D eigenvalue weighted by atomic mass is 19.4. The molecule has 1 heterocycles. The van der Waals surface area contributed by atoms with Crippen LogP contribution >= 0.6 is 0 Å². The fourth-order valence-electron chi connectivity index (χ4n) is 1.70. The predicted octanol–water partition coefficient (Wildman–Crippen LogP) is 3.75. The van der Waals surface area contributed by atoms with E-state index in [4.69, 9.17) is 6.42 Å². The Balaban J connectivity index is 2.69. The van der Waals surface area contributed by atoms with Crippen molar-refractivity contribution in [3.8, 4) is 23.5 Å². The van der Waals surface area contributed by atoms with E-state index in [2.05, 4.69) is 10.9 Å². The van der Waals surface area contributed by atoms with Crippen LogP contribution in [0.3, 0.4) is 0 Å². The predicted molar refractivity (Wildman–Crippen MR) is 62.6 cm³/mol. The quantitative estimate of drug-likeness (QED) is 0.699. The van der Waals surface area contributed by atoms with Crippen LogP contribution in [0, 0.1) is 12.3 Å². The maximum Gasteiger partial charge on any atom is 0.417 e. The molecule has 90 valence electrons. The smallest absolute Gasteiger partial charge is 0.264 e. The van der Waals surface area contributed by atoms with Gasteiger partial charge in [-0.2, -0.15) is 13.2 Å². The van der Waals surface area contributed by atoms with Crippen molar-refractivity contribution in [3.05, 3.63) is 53.9 Å². The van der Waals surface area contributed by atoms with Gasteiger partial charge in [0.2, 0.25) is 0 Å². The van der Waals surface area contributed by atoms with Gasteiger partial charge in [0.15, 0.2) is 0 Å². The van der Waals surface area contributed by atoms with Gasteiger partial charge in [0.25, 0.3) is 0 Å². The summed E-state index contributed by atoms with van der Waals surface area (Å²) < 4.78 is 38.7. The fraction of sp³-hybridized carbons (Fsp3) is 0.0714. The number of benzene rings is 1. The van der Waals surface area contributed by atoms with Gasteiger partial charge < -0.3 is 0 Å². The molecule has 0 aliphatic carbocycles. The van der Waals surface area contributed by atoms with Crippen molar-refractivity contribution in [2.24, 2.45) is 0 Å². The maximum atomic E-state index is 12.9. The van der Waals surface area contributed by atoms with E-state index in [1.165, 1.54) is 36.7 Å². The summed E-state index contributed by atoms with van der Waals surface area (Å²) in [6, 6.07) is 6.82. The summed E-state index contributed by atoms with van der Waals surface area (Å²) in [4.78, 5) is 3.83. The summed E-state index contributed by atoms with van der Waals surface area (Å²) in [5, 5.41) is 0. The van der Waals surface area contributed by atoms with Gasteiger partial charge in [-0.05, 0) is 17.7 Å². The number of pyridine rings is 1. The molecule has 0 bridgehead atoms. The SMILES string of the molecule is C#Cc1ccncc1-c1ccccc1C(F)(F)F. The largest absolute Gasteiger partial charge is 0.417 e. The Morgan fingerprint density at radius 2 is 1.78 bits per heavy atom. The molecule has 0 radical (unpaired) electrons. The maximum absolute atomic E-state index is 12.9. The average Bonchev–Trinajstić information content (AvgIpc) is 2.37. The molecular formula is C14H8F3N. The first kappa shape index (κ1) is 12.2. The highest BCUT2D eigenvalue weighted by molar-refractivity contribution is 5.73. The second-order valence-corrected chi connectivity index (χ2v) is 3.61. The van der Waals surface area contributed by atoms with Crippen LogP contribution in [0.1, 0.15) is 11.1 Å². The van der Waals surface area contributed by atoms with Gasteiger partial charge in [-0.15, -0.1) is 6.42 Å². The van der Waals surface area contributed by atoms with Crippen molar-refractivity contribution in [3.63, 3.8) is 0 Å². The minimum absolute atomic E-state index is 0.0473. The lowest BCUT2D eigenvalue weighted by molar-refractivity contribution is -0.137. The number of alkyl halides is 3. The first-order valence-electron chi connectivity index (χ1n) is 5.11. The summed E-state index contributed by atoms with van der Waals surface area (Å²) in [6.45, 7) is 0. The number of hydrogen-bond acceptors (Lipinski definition) is 1. The number of rotatable bonds is 1. The third kappa shape index (κ3) is 2.21. The van der Waals surface area contributed by atoms with E-state index in [9.17, 15) is 13.2 Å². The van der Waals surface area contributed by atoms with E-state index in [-0.39, 0.29) is 5.56 Å². The van der Waals surface area contributed by atoms with Gasteiger partial charge in [-0.1, -0.05) is 24.1 Å². The normalized spacial score (nSPS) is 11.0. The van der Waals surface area contributed by atoms with Crippen LogP contribution in [0.5, 0.6) is 0 Å². The van der Waals surface area contributed by atoms with E-state index < -0.39 is 11.7 Å². The molecule has 0 fully saturated rings. The highest BCUT2D eigenvalue weighted by Gasteiger charge is 2.33. The summed E-state index contributed by atoms with van der Waals surface area (Å²) >= 11 is 0. The van der Waals surface area contributed by atoms with Gasteiger partial charge in [0.1, 0.15) is 0 Å². The van der Waals surface area contributed by atoms with Crippen molar-refractivity contribution in [2.75, 3.05) is 0 Å². The standard InChI is InChI=1S/C14H8F3N/c1-2-10-7-8-18-9-12(10)11-5-3-4-6-13(11)14(15,16)17/h1,3-9H. The molecule has 0 aliphatic rings. The first-order valence-corrected chi connectivity index (χ1v) is 5.11. The minimum atomic E-state index is -4.42. The van der Waals surface area contributed by atoms with Crippen LogP contribution in [0.15, 0.2) is 42.7 Å². The molecule has 0 saturated heterocycles. The number of aromatic nitrogens is 1. The molecule has 1 aromatic carbocycles. The molecule has 18 heavy (non-hydrogen) atoms. The van der Waals surface area contributed by atoms with Crippen molar-refractivity contribution < 1.29 is 13.2 Å². The number of nitrogens with zero attached hydrogens (tertiary/aromatic N) is 1. The van der Waals surface area contributed by atoms with Crippen LogP contribution < -0.4 is 0 Å². The Hall–Kier alpha value is -2.28. The molecule has 2 rings (SSSR count). The van der Waals surface area contributed by atoms with E-state index in [1.807, 2.05) is 0 Å². The van der Waals surface area contributed by atoms with Gasteiger partial charge in [-0.25, -0.2) is 0 Å². The molecular weight excluding hydrogens is 239 g/mol. The van der Waals surface area contributed by atoms with E-state index >= 15 is 0 Å². The van der Waals surface area contributed by atoms with Crippen LogP contribution in [-0.2, 0) is 6.18 Å². The van der Waals surface area contributed by atoms with Gasteiger partial charge in [0, 0.05) is 23.5 Å². The van der Waals surface area contributed by atoms with E-state index in [0.717, 1.165) is 6.07 Å². The van der Waals surface area contributed by atoms with Gasteiger partial charge >= 0.3 is 6.18 Å². The molecule has 2 aromatic rings. The minimum Gasteiger partial charge on any atom is -0.264 e. The van der Waals surface area contributed by atoms with Gasteiger partial charge in [-0.3, -0.25) is 4.98 Å². The van der Waals surface area contributed by atoms with Crippen molar-refractivity contribution in [1.29, 1.82) is 0 Å². The average molecular weight is 247 g/mol. The third-order valence-corrected chi connectivity index (χ3v) is 2.50. The zero-order valence-corrected chi connectivity index (χ0v) is 9.20. The summed E-state index contributed by atoms with van der Waals surface area (Å²) in [6.07, 6.45) is 3.67. The Morgan fingerprint density at radius 3 is 2.44 bits per heavy atom. The second-order valence-electron chi connectivity index (χ2n) is 3.61. The second kappa shape index (κ2) is 4.53. The van der Waals surface area contributed by atoms with Crippen molar-refractivity contribution in [1.82, 2.24) is 4.98 Å². The topological polar surface area (TPSA) is 12.9 Å². The molecule has 0 aliphatic heterocycles. The Labute approximate surface area is 102 Å². The Kier molecular flexibility index (Phi) is 3.07. The summed E-state index contributed by atoms with van der Waals surface area (Å²) in [7, 11) is 0. The molecule has 0 N–H and O–H groups in total. The van der Waals surface area contributed by atoms with Gasteiger partial charge in [0.05, 0.1) is 5.56 Å². The van der Waals surface area contributed by atoms with Crippen molar-refractivity contribution >= 4 is 0 Å². The molecule has 0 unspecified atom stereocenters. The van der Waals surface area contributed by atoms with Crippen molar-refractivity contribution in [2.45, 2.75) is 6.18 Å². The molecule has 1 nitrogen and oxygen atoms in total. The van der Waals surface area contributed by atoms with Crippen LogP contribution in [0.25, 0.3) is 11.1 Å². The zero-order chi connectivity index (χ0) is 13.2. The Bertz CT molecular complexity index is 609. The molecule has 0 amide bonds. The zero-order valence-electron chi connectivity index (χ0n) is 9.20. The summed E-state index contributed by atoms with van der Waals surface area (Å²) in [5.74, 6) is 2.37. The molecule has 1 aromatic heterocycles. The van der Waals surface area contributed by atoms with Crippen LogP contribution in [0.2, 0.25) is 0 Å². The van der Waals surface area contributed by atoms with Crippen LogP contribution in [0.4, 0.5) is 13.2 Å². The van der Waals surface area contributed by atoms with E-state index in [1.54, 1.807) is 0 Å². The van der Waals surface area contributed by atoms with Crippen LogP contribution in [-0.4, -0.2) is 4.98 Å². The molecule has 0 spiro atoms. The molecule has 0 saturated carbocycles. The lowest BCUT2D eigenvalue weighted by Gasteiger charge is -2.13. The lowest BCUT2D eigenvalue weighted by atomic mass is 9.97. The molecule has 4 heteroatoms. The number of terminal acetylenes is 1. The third-order valence-electron chi connectivity index (χ3n) is 2.50. The highest BCUT2D eigenvalue weighted by Crippen LogP contribution is 2.37. The summed E-state index contributed by atoms with van der Waals surface area (Å²) in [5.41, 5.74) is 0.0372.